The molecule has 0 aliphatic carbocycles. The summed E-state index contributed by atoms with van der Waals surface area (Å²) >= 11 is 0. The van der Waals surface area contributed by atoms with Crippen LogP contribution in [0.25, 0.3) is 0 Å². The molecule has 0 saturated heterocycles. The number of benzene rings is 2. The van der Waals surface area contributed by atoms with Gasteiger partial charge in [0.2, 0.25) is 0 Å². The molecule has 0 aromatic heterocycles. The summed E-state index contributed by atoms with van der Waals surface area (Å²) in [6.07, 6.45) is 0. The third-order valence-corrected chi connectivity index (χ3v) is 3.00. The summed E-state index contributed by atoms with van der Waals surface area (Å²) < 4.78 is 9.45. The number of methoxy groups -OCH3 is 2. The molecule has 0 heterocycles. The summed E-state index contributed by atoms with van der Waals surface area (Å²) in [5.41, 5.74) is 1.84. The molecule has 0 N–H and O–H groups in total. The Morgan fingerprint density at radius 2 is 1.09 bits per heavy atom. The fourth-order valence-electron chi connectivity index (χ4n) is 1.89. The highest BCUT2D eigenvalue weighted by Gasteiger charge is 2.11. The van der Waals surface area contributed by atoms with Gasteiger partial charge in [-0.15, -0.1) is 0 Å². The van der Waals surface area contributed by atoms with Crippen molar-refractivity contribution in [3.05, 3.63) is 70.8 Å². The maximum atomic E-state index is 11.7. The van der Waals surface area contributed by atoms with Gasteiger partial charge in [-0.2, -0.15) is 0 Å². The molecule has 2 aromatic rings. The van der Waals surface area contributed by atoms with Crippen molar-refractivity contribution in [2.24, 2.45) is 0 Å². The predicted octanol–water partition coefficient (Wildman–Crippen LogP) is 2.66. The van der Waals surface area contributed by atoms with E-state index in [1.807, 2.05) is 0 Å². The monoisotopic (exact) mass is 294 g/mol. The van der Waals surface area contributed by atoms with Crippen molar-refractivity contribution in [3.8, 4) is 11.8 Å². The van der Waals surface area contributed by atoms with E-state index in [2.05, 4.69) is 11.8 Å². The van der Waals surface area contributed by atoms with Crippen LogP contribution in [0, 0.1) is 11.8 Å². The number of hydrogen-bond acceptors (Lipinski definition) is 4. The topological polar surface area (TPSA) is 52.6 Å². The Labute approximate surface area is 128 Å². The molecule has 0 bridgehead atoms. The molecule has 0 saturated carbocycles. The van der Waals surface area contributed by atoms with E-state index in [0.29, 0.717) is 22.3 Å². The number of esters is 2. The molecule has 0 aliphatic rings. The Hall–Kier alpha value is -3.06. The molecule has 0 amide bonds. The first kappa shape index (κ1) is 15.3. The normalized spacial score (nSPS) is 9.36. The van der Waals surface area contributed by atoms with Crippen LogP contribution in [0.1, 0.15) is 31.8 Å². The minimum Gasteiger partial charge on any atom is -0.465 e. The van der Waals surface area contributed by atoms with Gasteiger partial charge in [0.25, 0.3) is 0 Å². The number of hydrogen-bond donors (Lipinski definition) is 0. The zero-order valence-electron chi connectivity index (χ0n) is 12.3. The summed E-state index contributed by atoms with van der Waals surface area (Å²) in [6, 6.07) is 13.8. The van der Waals surface area contributed by atoms with Crippen LogP contribution >= 0.6 is 0 Å². The lowest BCUT2D eigenvalue weighted by atomic mass is 10.1. The van der Waals surface area contributed by atoms with Crippen molar-refractivity contribution in [1.29, 1.82) is 0 Å². The van der Waals surface area contributed by atoms with Gasteiger partial charge in [-0.1, -0.05) is 36.1 Å². The summed E-state index contributed by atoms with van der Waals surface area (Å²) in [5.74, 6) is 4.91. The summed E-state index contributed by atoms with van der Waals surface area (Å²) in [5, 5.41) is 0. The van der Waals surface area contributed by atoms with Gasteiger partial charge in [0.1, 0.15) is 0 Å². The SMILES string of the molecule is COC(=O)c1ccccc1C#Cc1ccccc1C(=O)OC. The van der Waals surface area contributed by atoms with E-state index in [4.69, 9.17) is 9.47 Å². The minimum atomic E-state index is -0.453. The first-order valence-corrected chi connectivity index (χ1v) is 6.54. The molecule has 2 aromatic carbocycles. The fraction of sp³-hybridized carbons (Fsp3) is 0.111. The van der Waals surface area contributed by atoms with Crippen LogP contribution in [0.4, 0.5) is 0 Å². The van der Waals surface area contributed by atoms with Crippen LogP contribution in [0.15, 0.2) is 48.5 Å². The lowest BCUT2D eigenvalue weighted by Gasteiger charge is -2.03. The van der Waals surface area contributed by atoms with E-state index in [-0.39, 0.29) is 0 Å². The average Bonchev–Trinajstić information content (AvgIpc) is 2.59. The standard InChI is InChI=1S/C18H14O4/c1-21-17(19)15-9-5-3-7-13(15)11-12-14-8-4-6-10-16(14)18(20)22-2/h3-10H,1-2H3. The molecule has 4 heteroatoms. The second-order valence-corrected chi connectivity index (χ2v) is 4.32. The maximum Gasteiger partial charge on any atom is 0.339 e. The Morgan fingerprint density at radius 1 is 0.727 bits per heavy atom. The van der Waals surface area contributed by atoms with Gasteiger partial charge in [-0.05, 0) is 24.3 Å². The number of ether oxygens (including phenoxy) is 2. The van der Waals surface area contributed by atoms with E-state index in [1.54, 1.807) is 48.5 Å². The predicted molar refractivity (Wildman–Crippen MR) is 81.5 cm³/mol. The molecule has 0 radical (unpaired) electrons. The zero-order valence-corrected chi connectivity index (χ0v) is 12.3. The molecular weight excluding hydrogens is 280 g/mol. The lowest BCUT2D eigenvalue weighted by Crippen LogP contribution is -2.04. The molecule has 110 valence electrons. The summed E-state index contributed by atoms with van der Waals surface area (Å²) in [6.45, 7) is 0. The van der Waals surface area contributed by atoms with Crippen LogP contribution in [0.3, 0.4) is 0 Å². The molecular formula is C18H14O4. The molecule has 0 spiro atoms. The van der Waals surface area contributed by atoms with Gasteiger partial charge in [-0.3, -0.25) is 0 Å². The summed E-state index contributed by atoms with van der Waals surface area (Å²) in [7, 11) is 2.64. The van der Waals surface area contributed by atoms with Crippen molar-refractivity contribution in [3.63, 3.8) is 0 Å². The Morgan fingerprint density at radius 3 is 1.45 bits per heavy atom. The van der Waals surface area contributed by atoms with Gasteiger partial charge in [0.05, 0.1) is 25.3 Å². The highest BCUT2D eigenvalue weighted by molar-refractivity contribution is 5.93. The first-order valence-electron chi connectivity index (χ1n) is 6.54. The molecule has 22 heavy (non-hydrogen) atoms. The van der Waals surface area contributed by atoms with E-state index in [1.165, 1.54) is 14.2 Å². The maximum absolute atomic E-state index is 11.7. The Balaban J connectivity index is 2.44. The van der Waals surface area contributed by atoms with Crippen molar-refractivity contribution in [2.45, 2.75) is 0 Å². The first-order chi connectivity index (χ1) is 10.7. The lowest BCUT2D eigenvalue weighted by molar-refractivity contribution is 0.0591. The average molecular weight is 294 g/mol. The van der Waals surface area contributed by atoms with Crippen molar-refractivity contribution < 1.29 is 19.1 Å². The molecule has 2 rings (SSSR count). The van der Waals surface area contributed by atoms with Crippen molar-refractivity contribution in [2.75, 3.05) is 14.2 Å². The molecule has 0 fully saturated rings. The largest absolute Gasteiger partial charge is 0.465 e. The van der Waals surface area contributed by atoms with E-state index in [9.17, 15) is 9.59 Å². The van der Waals surface area contributed by atoms with Gasteiger partial charge in [0, 0.05) is 11.1 Å². The van der Waals surface area contributed by atoms with E-state index < -0.39 is 11.9 Å². The van der Waals surface area contributed by atoms with Crippen LogP contribution in [-0.4, -0.2) is 26.2 Å². The van der Waals surface area contributed by atoms with Crippen LogP contribution in [-0.2, 0) is 9.47 Å². The highest BCUT2D eigenvalue weighted by Crippen LogP contribution is 2.11. The minimum absolute atomic E-state index is 0.382. The fourth-order valence-corrected chi connectivity index (χ4v) is 1.89. The molecule has 4 nitrogen and oxygen atoms in total. The molecule has 0 unspecified atom stereocenters. The summed E-state index contributed by atoms with van der Waals surface area (Å²) in [4.78, 5) is 23.4. The highest BCUT2D eigenvalue weighted by atomic mass is 16.5. The smallest absolute Gasteiger partial charge is 0.339 e. The number of rotatable bonds is 2. The molecule has 0 atom stereocenters. The number of carbonyl (C=O) groups excluding carboxylic acids is 2. The van der Waals surface area contributed by atoms with Gasteiger partial charge in [-0.25, -0.2) is 9.59 Å². The van der Waals surface area contributed by atoms with Crippen molar-refractivity contribution in [1.82, 2.24) is 0 Å². The molecule has 0 aliphatic heterocycles. The Bertz CT molecular complexity index is 702. The van der Waals surface area contributed by atoms with E-state index >= 15 is 0 Å². The number of carbonyl (C=O) groups is 2. The van der Waals surface area contributed by atoms with Crippen LogP contribution in [0.2, 0.25) is 0 Å². The third kappa shape index (κ3) is 3.33. The van der Waals surface area contributed by atoms with Gasteiger partial charge >= 0.3 is 11.9 Å². The second-order valence-electron chi connectivity index (χ2n) is 4.32. The Kier molecular flexibility index (Phi) is 4.94. The van der Waals surface area contributed by atoms with Crippen molar-refractivity contribution >= 4 is 11.9 Å². The third-order valence-electron chi connectivity index (χ3n) is 3.00. The zero-order chi connectivity index (χ0) is 15.9. The van der Waals surface area contributed by atoms with E-state index in [0.717, 1.165) is 0 Å². The van der Waals surface area contributed by atoms with Gasteiger partial charge < -0.3 is 9.47 Å². The second kappa shape index (κ2) is 7.09. The van der Waals surface area contributed by atoms with Gasteiger partial charge in [0.15, 0.2) is 0 Å². The quantitative estimate of drug-likeness (QED) is 0.631. The van der Waals surface area contributed by atoms with Crippen LogP contribution in [0.5, 0.6) is 0 Å². The van der Waals surface area contributed by atoms with Crippen LogP contribution < -0.4 is 0 Å².